The Morgan fingerprint density at radius 2 is 2.00 bits per heavy atom. The third kappa shape index (κ3) is 3.55. The molecule has 1 aliphatic heterocycles. The summed E-state index contributed by atoms with van der Waals surface area (Å²) >= 11 is 0. The summed E-state index contributed by atoms with van der Waals surface area (Å²) in [5.41, 5.74) is 0. The molecule has 0 aromatic heterocycles. The first-order valence-electron chi connectivity index (χ1n) is 6.44. The van der Waals surface area contributed by atoms with E-state index in [1.807, 2.05) is 0 Å². The standard InChI is InChI=1S/C12H20N2O3S/c1-9(12(15)14-10-4-2-3-5-10)13-11-6-7-18(16,17)8-11/h6-7,9-11,13H,2-5,8H2,1H3,(H,14,15). The van der Waals surface area contributed by atoms with Crippen LogP contribution in [0.15, 0.2) is 11.5 Å². The molecule has 1 amide bonds. The zero-order valence-corrected chi connectivity index (χ0v) is 11.4. The lowest BCUT2D eigenvalue weighted by molar-refractivity contribution is -0.123. The van der Waals surface area contributed by atoms with Gasteiger partial charge in [-0.1, -0.05) is 18.9 Å². The fourth-order valence-corrected chi connectivity index (χ4v) is 3.72. The van der Waals surface area contributed by atoms with Gasteiger partial charge in [-0.3, -0.25) is 10.1 Å². The maximum atomic E-state index is 11.9. The molecular weight excluding hydrogens is 252 g/mol. The van der Waals surface area contributed by atoms with Gasteiger partial charge in [-0.15, -0.1) is 0 Å². The minimum atomic E-state index is -3.06. The number of hydrogen-bond donors (Lipinski definition) is 2. The third-order valence-electron chi connectivity index (χ3n) is 3.49. The van der Waals surface area contributed by atoms with E-state index in [1.165, 1.54) is 18.2 Å². The highest BCUT2D eigenvalue weighted by molar-refractivity contribution is 7.94. The van der Waals surface area contributed by atoms with E-state index in [0.717, 1.165) is 12.8 Å². The lowest BCUT2D eigenvalue weighted by Gasteiger charge is -2.20. The average Bonchev–Trinajstić information content (AvgIpc) is 2.88. The van der Waals surface area contributed by atoms with Crippen molar-refractivity contribution < 1.29 is 13.2 Å². The molecule has 1 fully saturated rings. The molecule has 1 heterocycles. The van der Waals surface area contributed by atoms with Gasteiger partial charge in [0, 0.05) is 17.5 Å². The second-order valence-corrected chi connectivity index (χ2v) is 7.07. The molecule has 1 saturated carbocycles. The first kappa shape index (κ1) is 13.5. The van der Waals surface area contributed by atoms with E-state index in [0.29, 0.717) is 6.04 Å². The van der Waals surface area contributed by atoms with Gasteiger partial charge in [0.25, 0.3) is 0 Å². The molecule has 2 rings (SSSR count). The number of rotatable bonds is 4. The lowest BCUT2D eigenvalue weighted by atomic mass is 10.2. The Kier molecular flexibility index (Phi) is 4.07. The predicted octanol–water partition coefficient (Wildman–Crippen LogP) is 0.334. The smallest absolute Gasteiger partial charge is 0.237 e. The SMILES string of the molecule is CC(NC1C=CS(=O)(=O)C1)C(=O)NC1CCCC1. The van der Waals surface area contributed by atoms with Gasteiger partial charge < -0.3 is 5.32 Å². The van der Waals surface area contributed by atoms with Crippen molar-refractivity contribution >= 4 is 15.7 Å². The Morgan fingerprint density at radius 3 is 2.56 bits per heavy atom. The first-order valence-corrected chi connectivity index (χ1v) is 8.15. The van der Waals surface area contributed by atoms with Gasteiger partial charge >= 0.3 is 0 Å². The van der Waals surface area contributed by atoms with Crippen molar-refractivity contribution in [1.82, 2.24) is 10.6 Å². The average molecular weight is 272 g/mol. The van der Waals surface area contributed by atoms with Crippen molar-refractivity contribution in [1.29, 1.82) is 0 Å². The van der Waals surface area contributed by atoms with Gasteiger partial charge in [0.1, 0.15) is 0 Å². The van der Waals surface area contributed by atoms with E-state index in [1.54, 1.807) is 13.0 Å². The Labute approximate surface area is 108 Å². The molecule has 0 spiro atoms. The van der Waals surface area contributed by atoms with Gasteiger partial charge in [-0.2, -0.15) is 0 Å². The number of hydrogen-bond acceptors (Lipinski definition) is 4. The lowest BCUT2D eigenvalue weighted by Crippen LogP contribution is -2.49. The van der Waals surface area contributed by atoms with E-state index >= 15 is 0 Å². The Balaban J connectivity index is 1.79. The van der Waals surface area contributed by atoms with Gasteiger partial charge in [0.2, 0.25) is 5.91 Å². The number of nitrogens with one attached hydrogen (secondary N) is 2. The van der Waals surface area contributed by atoms with Gasteiger partial charge in [0.15, 0.2) is 9.84 Å². The fraction of sp³-hybridized carbons (Fsp3) is 0.750. The predicted molar refractivity (Wildman–Crippen MR) is 69.7 cm³/mol. The largest absolute Gasteiger partial charge is 0.352 e. The summed E-state index contributed by atoms with van der Waals surface area (Å²) < 4.78 is 22.5. The number of amides is 1. The molecule has 0 radical (unpaired) electrons. The van der Waals surface area contributed by atoms with Crippen LogP contribution in [0.1, 0.15) is 32.6 Å². The summed E-state index contributed by atoms with van der Waals surface area (Å²) in [6, 6.07) is -0.322. The maximum Gasteiger partial charge on any atom is 0.237 e. The number of carbonyl (C=O) groups excluding carboxylic acids is 1. The minimum Gasteiger partial charge on any atom is -0.352 e. The normalized spacial score (nSPS) is 28.4. The van der Waals surface area contributed by atoms with Gasteiger partial charge in [-0.25, -0.2) is 8.42 Å². The highest BCUT2D eigenvalue weighted by atomic mass is 32.2. The van der Waals surface area contributed by atoms with Crippen LogP contribution in [0.4, 0.5) is 0 Å². The Bertz CT molecular complexity index is 438. The Morgan fingerprint density at radius 1 is 1.33 bits per heavy atom. The molecule has 2 aliphatic rings. The molecule has 0 aromatic carbocycles. The molecule has 1 aliphatic carbocycles. The monoisotopic (exact) mass is 272 g/mol. The molecule has 0 bridgehead atoms. The van der Waals surface area contributed by atoms with Gasteiger partial charge in [0.05, 0.1) is 11.8 Å². The Hall–Kier alpha value is -0.880. The van der Waals surface area contributed by atoms with Crippen LogP contribution < -0.4 is 10.6 Å². The molecule has 2 atom stereocenters. The fourth-order valence-electron chi connectivity index (χ4n) is 2.47. The molecule has 2 unspecified atom stereocenters. The van der Waals surface area contributed by atoms with Crippen LogP contribution >= 0.6 is 0 Å². The molecule has 18 heavy (non-hydrogen) atoms. The van der Waals surface area contributed by atoms with E-state index in [-0.39, 0.29) is 23.7 Å². The molecule has 0 aromatic rings. The molecule has 2 N–H and O–H groups in total. The summed E-state index contributed by atoms with van der Waals surface area (Å²) in [5, 5.41) is 7.24. The molecule has 6 heteroatoms. The van der Waals surface area contributed by atoms with Crippen LogP contribution in [0, 0.1) is 0 Å². The van der Waals surface area contributed by atoms with Crippen molar-refractivity contribution in [3.63, 3.8) is 0 Å². The van der Waals surface area contributed by atoms with Crippen molar-refractivity contribution in [2.45, 2.75) is 50.7 Å². The van der Waals surface area contributed by atoms with E-state index in [4.69, 9.17) is 0 Å². The number of sulfone groups is 1. The number of carbonyl (C=O) groups is 1. The highest BCUT2D eigenvalue weighted by Gasteiger charge is 2.26. The van der Waals surface area contributed by atoms with Crippen molar-refractivity contribution in [2.24, 2.45) is 0 Å². The van der Waals surface area contributed by atoms with Crippen molar-refractivity contribution in [3.05, 3.63) is 11.5 Å². The van der Waals surface area contributed by atoms with Gasteiger partial charge in [-0.05, 0) is 19.8 Å². The highest BCUT2D eigenvalue weighted by Crippen LogP contribution is 2.17. The summed E-state index contributed by atoms with van der Waals surface area (Å²) in [6.07, 6.45) is 6.06. The second kappa shape index (κ2) is 5.40. The summed E-state index contributed by atoms with van der Waals surface area (Å²) in [6.45, 7) is 1.77. The second-order valence-electron chi connectivity index (χ2n) is 5.14. The molecule has 5 nitrogen and oxygen atoms in total. The van der Waals surface area contributed by atoms with Crippen LogP contribution in [0.25, 0.3) is 0 Å². The minimum absolute atomic E-state index is 0.0420. The molecule has 102 valence electrons. The van der Waals surface area contributed by atoms with Crippen LogP contribution in [0.5, 0.6) is 0 Å². The zero-order chi connectivity index (χ0) is 13.2. The summed E-state index contributed by atoms with van der Waals surface area (Å²) in [7, 11) is -3.06. The summed E-state index contributed by atoms with van der Waals surface area (Å²) in [4.78, 5) is 11.9. The first-order chi connectivity index (χ1) is 8.46. The van der Waals surface area contributed by atoms with Crippen LogP contribution in [0.3, 0.4) is 0 Å². The van der Waals surface area contributed by atoms with E-state index in [2.05, 4.69) is 10.6 Å². The van der Waals surface area contributed by atoms with Crippen LogP contribution in [-0.4, -0.2) is 38.2 Å². The molecule has 0 saturated heterocycles. The van der Waals surface area contributed by atoms with Crippen molar-refractivity contribution in [2.75, 3.05) is 5.75 Å². The van der Waals surface area contributed by atoms with Crippen LogP contribution in [-0.2, 0) is 14.6 Å². The van der Waals surface area contributed by atoms with E-state index in [9.17, 15) is 13.2 Å². The quantitative estimate of drug-likeness (QED) is 0.773. The van der Waals surface area contributed by atoms with Crippen LogP contribution in [0.2, 0.25) is 0 Å². The van der Waals surface area contributed by atoms with E-state index < -0.39 is 9.84 Å². The molecular formula is C12H20N2O3S. The third-order valence-corrected chi connectivity index (χ3v) is 4.88. The van der Waals surface area contributed by atoms with Crippen molar-refractivity contribution in [3.8, 4) is 0 Å². The summed E-state index contributed by atoms with van der Waals surface area (Å²) in [5.74, 6) is 0.00761. The zero-order valence-electron chi connectivity index (χ0n) is 10.6. The topological polar surface area (TPSA) is 75.3 Å². The maximum absolute atomic E-state index is 11.9.